The maximum absolute atomic E-state index is 12.9. The first-order chi connectivity index (χ1) is 14.2. The lowest BCUT2D eigenvalue weighted by atomic mass is 10.2. The van der Waals surface area contributed by atoms with Crippen molar-refractivity contribution in [1.29, 1.82) is 0 Å². The quantitative estimate of drug-likeness (QED) is 0.673. The predicted molar refractivity (Wildman–Crippen MR) is 106 cm³/mol. The van der Waals surface area contributed by atoms with Gasteiger partial charge in [0.2, 0.25) is 11.8 Å². The van der Waals surface area contributed by atoms with Gasteiger partial charge in [-0.1, -0.05) is 12.1 Å². The smallest absolute Gasteiger partial charge is 0.247 e. The molecular weight excluding hydrogens is 370 g/mol. The van der Waals surface area contributed by atoms with Gasteiger partial charge in [-0.25, -0.2) is 4.98 Å². The summed E-state index contributed by atoms with van der Waals surface area (Å²) < 4.78 is 5.85. The van der Waals surface area contributed by atoms with Crippen molar-refractivity contribution < 1.29 is 14.3 Å². The van der Waals surface area contributed by atoms with E-state index in [0.717, 1.165) is 12.1 Å². The summed E-state index contributed by atoms with van der Waals surface area (Å²) in [6.45, 7) is 0.568. The average molecular weight is 391 g/mol. The average Bonchev–Trinajstić information content (AvgIpc) is 3.42. The molecule has 0 bridgehead atoms. The second-order valence-corrected chi connectivity index (χ2v) is 6.77. The molecule has 3 heterocycles. The number of ether oxygens (including phenoxy) is 1. The van der Waals surface area contributed by atoms with Crippen LogP contribution in [0.4, 0.5) is 5.69 Å². The minimum absolute atomic E-state index is 0.0909. The lowest BCUT2D eigenvalue weighted by molar-refractivity contribution is -0.136. The third-order valence-electron chi connectivity index (χ3n) is 4.78. The number of anilines is 1. The Balaban J connectivity index is 1.45. The van der Waals surface area contributed by atoms with Gasteiger partial charge < -0.3 is 19.9 Å². The third-order valence-corrected chi connectivity index (χ3v) is 4.78. The fraction of sp³-hybridized carbons (Fsp3) is 0.238. The van der Waals surface area contributed by atoms with Crippen molar-refractivity contribution in [2.24, 2.45) is 0 Å². The van der Waals surface area contributed by atoms with Gasteiger partial charge in [-0.05, 0) is 37.1 Å². The molecule has 2 N–H and O–H groups in total. The van der Waals surface area contributed by atoms with Gasteiger partial charge in [-0.15, -0.1) is 0 Å². The number of hydrogen-bond acceptors (Lipinski definition) is 5. The summed E-state index contributed by atoms with van der Waals surface area (Å²) in [5.74, 6) is 0.781. The Morgan fingerprint density at radius 2 is 2.07 bits per heavy atom. The molecule has 1 aromatic carbocycles. The number of nitrogens with zero attached hydrogens (tertiary/aromatic N) is 3. The van der Waals surface area contributed by atoms with E-state index in [1.165, 1.54) is 6.33 Å². The van der Waals surface area contributed by atoms with Crippen LogP contribution in [0.5, 0.6) is 11.5 Å². The van der Waals surface area contributed by atoms with Crippen molar-refractivity contribution in [3.05, 3.63) is 67.0 Å². The minimum atomic E-state index is -0.503. The first kappa shape index (κ1) is 18.7. The molecule has 0 saturated carbocycles. The second-order valence-electron chi connectivity index (χ2n) is 6.77. The zero-order valence-corrected chi connectivity index (χ0v) is 15.7. The summed E-state index contributed by atoms with van der Waals surface area (Å²) >= 11 is 0. The van der Waals surface area contributed by atoms with E-state index in [2.05, 4.69) is 20.3 Å². The number of rotatable bonds is 6. The highest BCUT2D eigenvalue weighted by molar-refractivity contribution is 5.98. The Labute approximate surface area is 167 Å². The van der Waals surface area contributed by atoms with Crippen LogP contribution in [-0.2, 0) is 16.0 Å². The number of aromatic amines is 1. The number of nitrogens with one attached hydrogen (secondary N) is 2. The van der Waals surface area contributed by atoms with Crippen molar-refractivity contribution in [3.8, 4) is 11.5 Å². The monoisotopic (exact) mass is 391 g/mol. The summed E-state index contributed by atoms with van der Waals surface area (Å²) in [5, 5.41) is 2.92. The first-order valence-electron chi connectivity index (χ1n) is 9.45. The Kier molecular flexibility index (Phi) is 5.51. The maximum Gasteiger partial charge on any atom is 0.247 e. The fourth-order valence-corrected chi connectivity index (χ4v) is 3.39. The molecule has 2 amide bonds. The van der Waals surface area contributed by atoms with Crippen molar-refractivity contribution in [3.63, 3.8) is 0 Å². The number of likely N-dealkylation sites (tertiary alicyclic amines) is 1. The number of pyridine rings is 1. The molecule has 3 aromatic rings. The molecule has 0 radical (unpaired) electrons. The summed E-state index contributed by atoms with van der Waals surface area (Å²) in [6.07, 6.45) is 8.04. The van der Waals surface area contributed by atoms with Crippen LogP contribution < -0.4 is 10.1 Å². The van der Waals surface area contributed by atoms with Crippen molar-refractivity contribution in [2.75, 3.05) is 11.9 Å². The lowest BCUT2D eigenvalue weighted by Crippen LogP contribution is -2.43. The van der Waals surface area contributed by atoms with Crippen LogP contribution >= 0.6 is 0 Å². The number of imidazole rings is 1. The largest absolute Gasteiger partial charge is 0.454 e. The molecule has 0 aliphatic carbocycles. The highest BCUT2D eigenvalue weighted by Gasteiger charge is 2.34. The van der Waals surface area contributed by atoms with E-state index in [1.807, 2.05) is 12.1 Å². The van der Waals surface area contributed by atoms with Gasteiger partial charge in [0, 0.05) is 24.6 Å². The summed E-state index contributed by atoms with van der Waals surface area (Å²) in [4.78, 5) is 38.1. The van der Waals surface area contributed by atoms with Gasteiger partial charge in [0.15, 0.2) is 5.75 Å². The number of H-pyrrole nitrogens is 1. The number of benzene rings is 1. The molecule has 8 heteroatoms. The molecule has 1 fully saturated rings. The van der Waals surface area contributed by atoms with Crippen LogP contribution in [0.3, 0.4) is 0 Å². The molecule has 1 aliphatic rings. The molecule has 29 heavy (non-hydrogen) atoms. The first-order valence-corrected chi connectivity index (χ1v) is 9.45. The Hall–Kier alpha value is -3.68. The van der Waals surface area contributed by atoms with Gasteiger partial charge in [0.25, 0.3) is 0 Å². The zero-order chi connectivity index (χ0) is 20.1. The van der Waals surface area contributed by atoms with E-state index in [-0.39, 0.29) is 18.2 Å². The Morgan fingerprint density at radius 3 is 2.86 bits per heavy atom. The van der Waals surface area contributed by atoms with Gasteiger partial charge in [0.1, 0.15) is 11.8 Å². The number of carbonyl (C=O) groups is 2. The topological polar surface area (TPSA) is 100 Å². The minimum Gasteiger partial charge on any atom is -0.454 e. The standard InChI is InChI=1S/C21H21N5O3/c27-20(11-15-12-23-14-24-15)26-10-4-7-18(26)21(28)25-17-6-1-2-8-19(17)29-16-5-3-9-22-13-16/h1-3,5-6,8-9,12-14,18H,4,7,10-11H2,(H,23,24)(H,25,28)/t18-/m0/s1. The fourth-order valence-electron chi connectivity index (χ4n) is 3.39. The molecule has 2 aromatic heterocycles. The van der Waals surface area contributed by atoms with E-state index in [4.69, 9.17) is 4.74 Å². The molecular formula is C21H21N5O3. The van der Waals surface area contributed by atoms with E-state index in [1.54, 1.807) is 47.8 Å². The van der Waals surface area contributed by atoms with E-state index >= 15 is 0 Å². The normalized spacial score (nSPS) is 15.9. The predicted octanol–water partition coefficient (Wildman–Crippen LogP) is 2.77. The highest BCUT2D eigenvalue weighted by Crippen LogP contribution is 2.30. The van der Waals surface area contributed by atoms with Crippen LogP contribution in [0.2, 0.25) is 0 Å². The van der Waals surface area contributed by atoms with Crippen molar-refractivity contribution >= 4 is 17.5 Å². The highest BCUT2D eigenvalue weighted by atomic mass is 16.5. The molecule has 148 valence electrons. The molecule has 1 aliphatic heterocycles. The number of hydrogen-bond donors (Lipinski definition) is 2. The van der Waals surface area contributed by atoms with Gasteiger partial charge >= 0.3 is 0 Å². The van der Waals surface area contributed by atoms with E-state index in [9.17, 15) is 9.59 Å². The number of aromatic nitrogens is 3. The Bertz CT molecular complexity index is 975. The number of amides is 2. The Morgan fingerprint density at radius 1 is 1.17 bits per heavy atom. The second kappa shape index (κ2) is 8.55. The van der Waals surface area contributed by atoms with Crippen molar-refractivity contribution in [2.45, 2.75) is 25.3 Å². The zero-order valence-electron chi connectivity index (χ0n) is 15.7. The third kappa shape index (κ3) is 4.43. The van der Waals surface area contributed by atoms with Crippen LogP contribution in [0.15, 0.2) is 61.3 Å². The van der Waals surface area contributed by atoms with E-state index < -0.39 is 6.04 Å². The molecule has 1 saturated heterocycles. The van der Waals surface area contributed by atoms with Crippen LogP contribution in [-0.4, -0.2) is 44.3 Å². The molecule has 8 nitrogen and oxygen atoms in total. The SMILES string of the molecule is O=C(Nc1ccccc1Oc1cccnc1)[C@@H]1CCCN1C(=O)Cc1cnc[nH]1. The summed E-state index contributed by atoms with van der Waals surface area (Å²) in [6, 6.07) is 10.3. The number of para-hydroxylation sites is 2. The van der Waals surface area contributed by atoms with Crippen molar-refractivity contribution in [1.82, 2.24) is 19.9 Å². The van der Waals surface area contributed by atoms with Gasteiger partial charge in [-0.3, -0.25) is 14.6 Å². The van der Waals surface area contributed by atoms with E-state index in [0.29, 0.717) is 30.2 Å². The van der Waals surface area contributed by atoms with Gasteiger partial charge in [-0.2, -0.15) is 0 Å². The maximum atomic E-state index is 12.9. The molecule has 0 spiro atoms. The summed E-state index contributed by atoms with van der Waals surface area (Å²) in [7, 11) is 0. The van der Waals surface area contributed by atoms with Crippen LogP contribution in [0, 0.1) is 0 Å². The molecule has 0 unspecified atom stereocenters. The lowest BCUT2D eigenvalue weighted by Gasteiger charge is -2.24. The summed E-state index contributed by atoms with van der Waals surface area (Å²) in [5.41, 5.74) is 1.28. The van der Waals surface area contributed by atoms with Gasteiger partial charge in [0.05, 0.1) is 24.6 Å². The molecule has 1 atom stereocenters. The van der Waals surface area contributed by atoms with Crippen LogP contribution in [0.1, 0.15) is 18.5 Å². The number of carbonyl (C=O) groups excluding carboxylic acids is 2. The molecule has 4 rings (SSSR count). The van der Waals surface area contributed by atoms with Crippen LogP contribution in [0.25, 0.3) is 0 Å².